The van der Waals surface area contributed by atoms with Gasteiger partial charge in [0.2, 0.25) is 5.13 Å². The number of nitrogens with one attached hydrogen (secondary N) is 2. The van der Waals surface area contributed by atoms with Crippen molar-refractivity contribution in [2.75, 3.05) is 18.4 Å². The van der Waals surface area contributed by atoms with Gasteiger partial charge >= 0.3 is 12.1 Å². The number of piperidine rings is 1. The second-order valence-corrected chi connectivity index (χ2v) is 8.44. The molecule has 1 fully saturated rings. The molecule has 0 aromatic carbocycles. The summed E-state index contributed by atoms with van der Waals surface area (Å²) in [7, 11) is 0. The Bertz CT molecular complexity index is 812. The predicted octanol–water partition coefficient (Wildman–Crippen LogP) is 3.12. The zero-order valence-corrected chi connectivity index (χ0v) is 17.0. The van der Waals surface area contributed by atoms with E-state index in [9.17, 15) is 9.59 Å². The number of ether oxygens (including phenoxy) is 1. The summed E-state index contributed by atoms with van der Waals surface area (Å²) in [6.07, 6.45) is 2.60. The predicted molar refractivity (Wildman–Crippen MR) is 106 cm³/mol. The summed E-state index contributed by atoms with van der Waals surface area (Å²) in [6.45, 7) is 6.56. The fourth-order valence-electron chi connectivity index (χ4n) is 2.74. The van der Waals surface area contributed by atoms with Crippen LogP contribution in [0.4, 0.5) is 14.7 Å². The van der Waals surface area contributed by atoms with Crippen molar-refractivity contribution in [2.24, 2.45) is 0 Å². The van der Waals surface area contributed by atoms with Crippen molar-refractivity contribution in [3.05, 3.63) is 24.4 Å². The van der Waals surface area contributed by atoms with Crippen molar-refractivity contribution in [1.82, 2.24) is 25.4 Å². The number of amides is 3. The summed E-state index contributed by atoms with van der Waals surface area (Å²) in [5, 5.41) is 14.8. The molecule has 1 aliphatic heterocycles. The first-order valence-corrected chi connectivity index (χ1v) is 9.92. The van der Waals surface area contributed by atoms with Gasteiger partial charge in [-0.2, -0.15) is 0 Å². The molecule has 0 radical (unpaired) electrons. The number of hydrogen-bond acceptors (Lipinski definition) is 7. The highest BCUT2D eigenvalue weighted by Gasteiger charge is 2.26. The molecule has 3 rings (SSSR count). The van der Waals surface area contributed by atoms with E-state index in [2.05, 4.69) is 25.8 Å². The number of carbonyl (C=O) groups excluding carboxylic acids is 2. The Morgan fingerprint density at radius 3 is 2.61 bits per heavy atom. The molecule has 0 spiro atoms. The maximum Gasteiger partial charge on any atom is 0.407 e. The summed E-state index contributed by atoms with van der Waals surface area (Å²) in [5.74, 6) is 0. The quantitative estimate of drug-likeness (QED) is 0.813. The monoisotopic (exact) mass is 404 g/mol. The molecule has 0 aliphatic carbocycles. The lowest BCUT2D eigenvalue weighted by Crippen LogP contribution is -2.48. The zero-order valence-electron chi connectivity index (χ0n) is 16.1. The molecule has 0 atom stereocenters. The number of anilines is 1. The van der Waals surface area contributed by atoms with Gasteiger partial charge in [0.1, 0.15) is 11.3 Å². The smallest absolute Gasteiger partial charge is 0.407 e. The van der Waals surface area contributed by atoms with Crippen molar-refractivity contribution in [2.45, 2.75) is 45.3 Å². The molecule has 150 valence electrons. The van der Waals surface area contributed by atoms with E-state index in [1.165, 1.54) is 11.3 Å². The first-order chi connectivity index (χ1) is 13.3. The number of aromatic nitrogens is 3. The number of hydrogen-bond donors (Lipinski definition) is 2. The van der Waals surface area contributed by atoms with E-state index >= 15 is 0 Å². The van der Waals surface area contributed by atoms with E-state index in [1.807, 2.05) is 39.0 Å². The minimum atomic E-state index is -0.527. The number of urea groups is 1. The molecule has 2 aromatic heterocycles. The zero-order chi connectivity index (χ0) is 20.1. The Kier molecular flexibility index (Phi) is 6.08. The molecule has 2 aromatic rings. The third kappa shape index (κ3) is 5.62. The van der Waals surface area contributed by atoms with Crippen molar-refractivity contribution < 1.29 is 14.3 Å². The summed E-state index contributed by atoms with van der Waals surface area (Å²) in [4.78, 5) is 30.2. The van der Waals surface area contributed by atoms with Crippen molar-refractivity contribution >= 4 is 28.6 Å². The molecule has 10 heteroatoms. The molecular formula is C18H24N6O3S. The number of pyridine rings is 1. The average Bonchev–Trinajstić information content (AvgIpc) is 3.10. The number of nitrogens with zero attached hydrogens (tertiary/aromatic N) is 4. The Balaban J connectivity index is 1.47. The van der Waals surface area contributed by atoms with Crippen LogP contribution in [0, 0.1) is 0 Å². The molecule has 2 N–H and O–H groups in total. The van der Waals surface area contributed by atoms with Gasteiger partial charge in [0, 0.05) is 25.3 Å². The number of carbonyl (C=O) groups is 2. The Morgan fingerprint density at radius 1 is 1.21 bits per heavy atom. The molecule has 0 saturated carbocycles. The van der Waals surface area contributed by atoms with Gasteiger partial charge in [-0.25, -0.2) is 9.59 Å². The summed E-state index contributed by atoms with van der Waals surface area (Å²) < 4.78 is 5.27. The minimum absolute atomic E-state index is 0.00353. The van der Waals surface area contributed by atoms with Gasteiger partial charge in [0.05, 0.1) is 0 Å². The average molecular weight is 404 g/mol. The van der Waals surface area contributed by atoms with Gasteiger partial charge < -0.3 is 15.0 Å². The first-order valence-electron chi connectivity index (χ1n) is 9.10. The lowest BCUT2D eigenvalue weighted by molar-refractivity contribution is 0.0486. The molecule has 28 heavy (non-hydrogen) atoms. The molecule has 1 saturated heterocycles. The van der Waals surface area contributed by atoms with Crippen LogP contribution in [0.25, 0.3) is 10.7 Å². The second kappa shape index (κ2) is 8.51. The first kappa shape index (κ1) is 20.0. The van der Waals surface area contributed by atoms with Crippen LogP contribution in [0.1, 0.15) is 33.6 Å². The number of rotatable bonds is 3. The van der Waals surface area contributed by atoms with Crippen LogP contribution in [0.2, 0.25) is 0 Å². The van der Waals surface area contributed by atoms with Gasteiger partial charge in [-0.3, -0.25) is 10.3 Å². The molecule has 0 bridgehead atoms. The fraction of sp³-hybridized carbons (Fsp3) is 0.500. The van der Waals surface area contributed by atoms with Gasteiger partial charge in [0.15, 0.2) is 5.01 Å². The Labute approximate surface area is 167 Å². The largest absolute Gasteiger partial charge is 0.444 e. The van der Waals surface area contributed by atoms with Crippen LogP contribution in [0.5, 0.6) is 0 Å². The van der Waals surface area contributed by atoms with E-state index in [1.54, 1.807) is 11.1 Å². The van der Waals surface area contributed by atoms with Gasteiger partial charge in [0.25, 0.3) is 0 Å². The lowest BCUT2D eigenvalue weighted by Gasteiger charge is -2.32. The minimum Gasteiger partial charge on any atom is -0.444 e. The van der Waals surface area contributed by atoms with Crippen LogP contribution < -0.4 is 10.6 Å². The highest BCUT2D eigenvalue weighted by Crippen LogP contribution is 2.24. The third-order valence-electron chi connectivity index (χ3n) is 4.03. The van der Waals surface area contributed by atoms with E-state index in [0.29, 0.717) is 36.1 Å². The van der Waals surface area contributed by atoms with Gasteiger partial charge in [-0.05, 0) is 45.7 Å². The normalized spacial score (nSPS) is 15.2. The van der Waals surface area contributed by atoms with Crippen LogP contribution in [0.15, 0.2) is 24.4 Å². The van der Waals surface area contributed by atoms with Crippen molar-refractivity contribution in [3.8, 4) is 10.7 Å². The molecule has 3 heterocycles. The summed E-state index contributed by atoms with van der Waals surface area (Å²) in [6, 6.07) is 5.32. The van der Waals surface area contributed by atoms with E-state index in [-0.39, 0.29) is 12.1 Å². The van der Waals surface area contributed by atoms with Gasteiger partial charge in [-0.15, -0.1) is 10.2 Å². The number of alkyl carbamates (subject to hydrolysis) is 1. The van der Waals surface area contributed by atoms with Crippen LogP contribution >= 0.6 is 11.3 Å². The molecular weight excluding hydrogens is 380 g/mol. The summed E-state index contributed by atoms with van der Waals surface area (Å²) >= 11 is 1.28. The van der Waals surface area contributed by atoms with Crippen LogP contribution in [-0.4, -0.2) is 56.9 Å². The standard InChI is InChI=1S/C18H24N6O3S/c1-18(2,3)27-17(26)20-12-7-10-24(11-8-12)16(25)21-15-23-22-14(28-15)13-6-4-5-9-19-13/h4-6,9,12H,7-8,10-11H2,1-3H3,(H,20,26)(H,21,23,25). The van der Waals surface area contributed by atoms with Crippen molar-refractivity contribution in [3.63, 3.8) is 0 Å². The fourth-order valence-corrected chi connectivity index (χ4v) is 3.45. The van der Waals surface area contributed by atoms with Gasteiger partial charge in [-0.1, -0.05) is 17.4 Å². The third-order valence-corrected chi connectivity index (χ3v) is 4.89. The van der Waals surface area contributed by atoms with E-state index in [4.69, 9.17) is 4.74 Å². The highest BCUT2D eigenvalue weighted by molar-refractivity contribution is 7.18. The highest BCUT2D eigenvalue weighted by atomic mass is 32.1. The summed E-state index contributed by atoms with van der Waals surface area (Å²) in [5.41, 5.74) is 0.190. The van der Waals surface area contributed by atoms with Crippen LogP contribution in [-0.2, 0) is 4.74 Å². The molecule has 1 aliphatic rings. The van der Waals surface area contributed by atoms with E-state index in [0.717, 1.165) is 5.69 Å². The molecule has 0 unspecified atom stereocenters. The maximum atomic E-state index is 12.5. The topological polar surface area (TPSA) is 109 Å². The Hall–Kier alpha value is -2.75. The second-order valence-electron chi connectivity index (χ2n) is 7.47. The van der Waals surface area contributed by atoms with Crippen molar-refractivity contribution in [1.29, 1.82) is 0 Å². The van der Waals surface area contributed by atoms with Crippen LogP contribution in [0.3, 0.4) is 0 Å². The molecule has 3 amide bonds. The Morgan fingerprint density at radius 2 is 1.96 bits per heavy atom. The lowest BCUT2D eigenvalue weighted by atomic mass is 10.1. The van der Waals surface area contributed by atoms with E-state index < -0.39 is 11.7 Å². The SMILES string of the molecule is CC(C)(C)OC(=O)NC1CCN(C(=O)Nc2nnc(-c3ccccn3)s2)CC1. The number of likely N-dealkylation sites (tertiary alicyclic amines) is 1. The molecule has 9 nitrogen and oxygen atoms in total. The maximum absolute atomic E-state index is 12.5.